The fourth-order valence-corrected chi connectivity index (χ4v) is 4.48. The molecule has 4 rings (SSSR count). The molecule has 0 amide bonds. The molecule has 4 nitrogen and oxygen atoms in total. The Morgan fingerprint density at radius 2 is 1.73 bits per heavy atom. The van der Waals surface area contributed by atoms with Crippen LogP contribution in [0.5, 0.6) is 0 Å². The van der Waals surface area contributed by atoms with Crippen LogP contribution in [-0.4, -0.2) is 22.5 Å². The predicted octanol–water partition coefficient (Wildman–Crippen LogP) is 6.49. The maximum atomic E-state index is 10.7. The number of nitrogens with one attached hydrogen (secondary N) is 1. The highest BCUT2D eigenvalue weighted by atomic mass is 32.1. The normalized spacial score (nSPS) is 14.7. The van der Waals surface area contributed by atoms with Gasteiger partial charge in [0.2, 0.25) is 0 Å². The Morgan fingerprint density at radius 3 is 2.37 bits per heavy atom. The van der Waals surface area contributed by atoms with Gasteiger partial charge in [0.25, 0.3) is 0 Å². The second-order valence-corrected chi connectivity index (χ2v) is 9.75. The van der Waals surface area contributed by atoms with Crippen LogP contribution in [0.15, 0.2) is 53.6 Å². The molecule has 1 aliphatic heterocycles. The maximum absolute atomic E-state index is 10.7. The number of aliphatic hydroxyl groups excluding tert-OH is 1. The van der Waals surface area contributed by atoms with E-state index in [2.05, 4.69) is 65.0 Å². The van der Waals surface area contributed by atoms with E-state index < -0.39 is 0 Å². The Hall–Kier alpha value is -2.92. The molecule has 30 heavy (non-hydrogen) atoms. The molecule has 1 aliphatic rings. The lowest BCUT2D eigenvalue weighted by Crippen LogP contribution is -2.26. The Bertz CT molecular complexity index is 1150. The first-order valence-electron chi connectivity index (χ1n) is 10.1. The summed E-state index contributed by atoms with van der Waals surface area (Å²) < 4.78 is 0. The van der Waals surface area contributed by atoms with Crippen molar-refractivity contribution < 1.29 is 5.11 Å². The fraction of sp³-hybridized carbons (Fsp3) is 0.280. The molecule has 0 saturated heterocycles. The van der Waals surface area contributed by atoms with E-state index in [9.17, 15) is 5.11 Å². The van der Waals surface area contributed by atoms with Crippen LogP contribution >= 0.6 is 11.3 Å². The highest BCUT2D eigenvalue weighted by Crippen LogP contribution is 2.35. The third-order valence-corrected chi connectivity index (χ3v) is 6.53. The second-order valence-electron chi connectivity index (χ2n) is 8.89. The smallest absolute Gasteiger partial charge is 0.139 e. The molecule has 2 N–H and O–H groups in total. The van der Waals surface area contributed by atoms with Crippen molar-refractivity contribution in [1.29, 1.82) is 5.41 Å². The number of rotatable bonds is 3. The van der Waals surface area contributed by atoms with Crippen LogP contribution in [0.2, 0.25) is 0 Å². The van der Waals surface area contributed by atoms with E-state index in [1.165, 1.54) is 28.0 Å². The zero-order valence-corrected chi connectivity index (χ0v) is 18.9. The maximum Gasteiger partial charge on any atom is 0.139 e. The van der Waals surface area contributed by atoms with Gasteiger partial charge >= 0.3 is 0 Å². The molecule has 2 aromatic carbocycles. The first-order chi connectivity index (χ1) is 14.1. The summed E-state index contributed by atoms with van der Waals surface area (Å²) in [4.78, 5) is 6.57. The summed E-state index contributed by atoms with van der Waals surface area (Å²) in [5.74, 6) is 0.484. The molecule has 0 aliphatic carbocycles. The first kappa shape index (κ1) is 20.4. The number of hydrogen-bond donors (Lipinski definition) is 2. The number of hydrogen-bond acceptors (Lipinski definition) is 4. The molecule has 1 aromatic heterocycles. The van der Waals surface area contributed by atoms with Crippen LogP contribution in [-0.2, 0) is 5.41 Å². The second kappa shape index (κ2) is 7.40. The lowest BCUT2D eigenvalue weighted by Gasteiger charge is -2.22. The van der Waals surface area contributed by atoms with E-state index in [-0.39, 0.29) is 17.0 Å². The molecule has 0 fully saturated rings. The van der Waals surface area contributed by atoms with E-state index in [0.717, 1.165) is 16.9 Å². The molecule has 3 aromatic rings. The van der Waals surface area contributed by atoms with Gasteiger partial charge in [-0.1, -0.05) is 45.0 Å². The van der Waals surface area contributed by atoms with Crippen LogP contribution in [0.25, 0.3) is 16.8 Å². The topological polar surface area (TPSA) is 60.2 Å². The highest BCUT2D eigenvalue weighted by Gasteiger charge is 2.31. The molecule has 0 atom stereocenters. The van der Waals surface area contributed by atoms with Crippen molar-refractivity contribution in [1.82, 2.24) is 4.98 Å². The van der Waals surface area contributed by atoms with Gasteiger partial charge in [0.15, 0.2) is 0 Å². The minimum Gasteiger partial charge on any atom is -0.510 e. The molecular weight excluding hydrogens is 390 g/mol. The van der Waals surface area contributed by atoms with E-state index in [4.69, 9.17) is 10.4 Å². The van der Waals surface area contributed by atoms with E-state index in [0.29, 0.717) is 17.1 Å². The van der Waals surface area contributed by atoms with Crippen molar-refractivity contribution in [2.24, 2.45) is 0 Å². The van der Waals surface area contributed by atoms with Crippen molar-refractivity contribution in [3.63, 3.8) is 0 Å². The van der Waals surface area contributed by atoms with Crippen molar-refractivity contribution in [3.8, 4) is 11.3 Å². The largest absolute Gasteiger partial charge is 0.510 e. The predicted molar refractivity (Wildman–Crippen MR) is 127 cm³/mol. The molecule has 0 saturated carbocycles. The van der Waals surface area contributed by atoms with Gasteiger partial charge in [0.1, 0.15) is 16.6 Å². The summed E-state index contributed by atoms with van der Waals surface area (Å²) in [6.07, 6.45) is 0. The zero-order chi connectivity index (χ0) is 21.6. The number of amidine groups is 1. The van der Waals surface area contributed by atoms with Crippen molar-refractivity contribution in [2.45, 2.75) is 40.0 Å². The standard InChI is InChI=1S/C25H27N3OS/c1-15-6-7-17(12-16(15)2)20-14-30-24(27-20)22-21(29)13-28(23(22)26)19-10-8-18(9-11-19)25(3,4)5/h6-12,14,26,29H,13H2,1-5H3. The average molecular weight is 418 g/mol. The van der Waals surface area contributed by atoms with Crippen LogP contribution in [0.3, 0.4) is 0 Å². The molecule has 0 radical (unpaired) electrons. The third kappa shape index (κ3) is 3.65. The summed E-state index contributed by atoms with van der Waals surface area (Å²) in [5.41, 5.74) is 7.15. The van der Waals surface area contributed by atoms with Crippen LogP contribution in [0.1, 0.15) is 42.5 Å². The van der Waals surface area contributed by atoms with Crippen molar-refractivity contribution >= 4 is 28.4 Å². The lowest BCUT2D eigenvalue weighted by molar-refractivity contribution is 0.411. The van der Waals surface area contributed by atoms with Gasteiger partial charge in [-0.05, 0) is 54.2 Å². The monoisotopic (exact) mass is 417 g/mol. The van der Waals surface area contributed by atoms with E-state index >= 15 is 0 Å². The van der Waals surface area contributed by atoms with Gasteiger partial charge in [-0.3, -0.25) is 5.41 Å². The summed E-state index contributed by atoms with van der Waals surface area (Å²) in [6.45, 7) is 11.0. The van der Waals surface area contributed by atoms with Crippen molar-refractivity contribution in [2.75, 3.05) is 11.4 Å². The zero-order valence-electron chi connectivity index (χ0n) is 18.1. The molecule has 5 heteroatoms. The Labute approximate surface area is 182 Å². The lowest BCUT2D eigenvalue weighted by atomic mass is 9.87. The minimum atomic E-state index is 0.0776. The Morgan fingerprint density at radius 1 is 1.03 bits per heavy atom. The number of aryl methyl sites for hydroxylation is 2. The minimum absolute atomic E-state index is 0.0776. The van der Waals surface area contributed by atoms with Crippen molar-refractivity contribution in [3.05, 3.63) is 75.3 Å². The van der Waals surface area contributed by atoms with Gasteiger partial charge in [0.05, 0.1) is 17.8 Å². The van der Waals surface area contributed by atoms with Crippen LogP contribution in [0, 0.1) is 19.3 Å². The Kier molecular flexibility index (Phi) is 5.02. The summed E-state index contributed by atoms with van der Waals surface area (Å²) >= 11 is 1.47. The van der Waals surface area contributed by atoms with Crippen LogP contribution < -0.4 is 4.90 Å². The number of aliphatic hydroxyl groups is 1. The molecule has 0 bridgehead atoms. The quantitative estimate of drug-likeness (QED) is 0.512. The van der Waals surface area contributed by atoms with E-state index in [1.807, 2.05) is 22.4 Å². The van der Waals surface area contributed by atoms with Crippen LogP contribution in [0.4, 0.5) is 5.69 Å². The first-order valence-corrected chi connectivity index (χ1v) is 11.0. The number of thiazole rings is 1. The summed E-state index contributed by atoms with van der Waals surface area (Å²) in [5, 5.41) is 22.0. The molecular formula is C25H27N3OS. The Balaban J connectivity index is 1.60. The molecule has 154 valence electrons. The number of aromatic nitrogens is 1. The van der Waals surface area contributed by atoms with Gasteiger partial charge in [-0.15, -0.1) is 11.3 Å². The number of anilines is 1. The van der Waals surface area contributed by atoms with Gasteiger partial charge in [0, 0.05) is 16.6 Å². The van der Waals surface area contributed by atoms with Gasteiger partial charge < -0.3 is 10.0 Å². The SMILES string of the molecule is Cc1ccc(-c2csc(C3=C(O)CN(c4ccc(C(C)(C)C)cc4)C3=N)n2)cc1C. The highest BCUT2D eigenvalue weighted by molar-refractivity contribution is 7.11. The molecule has 0 unspecified atom stereocenters. The van der Waals surface area contributed by atoms with Gasteiger partial charge in [-0.2, -0.15) is 0 Å². The third-order valence-electron chi connectivity index (χ3n) is 5.67. The van der Waals surface area contributed by atoms with Gasteiger partial charge in [-0.25, -0.2) is 4.98 Å². The van der Waals surface area contributed by atoms with E-state index in [1.54, 1.807) is 0 Å². The molecule has 2 heterocycles. The average Bonchev–Trinajstić information content (AvgIpc) is 3.28. The summed E-state index contributed by atoms with van der Waals surface area (Å²) in [6, 6.07) is 14.5. The fourth-order valence-electron chi connectivity index (χ4n) is 3.59. The number of benzene rings is 2. The summed E-state index contributed by atoms with van der Waals surface area (Å²) in [7, 11) is 0. The number of nitrogens with zero attached hydrogens (tertiary/aromatic N) is 2. The molecule has 0 spiro atoms.